The van der Waals surface area contributed by atoms with E-state index in [1.165, 1.54) is 10.7 Å². The second-order valence-corrected chi connectivity index (χ2v) is 3.93. The van der Waals surface area contributed by atoms with Crippen molar-refractivity contribution < 1.29 is 0 Å². The molecule has 0 bridgehead atoms. The molecule has 0 radical (unpaired) electrons. The van der Waals surface area contributed by atoms with Crippen LogP contribution < -0.4 is 9.74 Å². The van der Waals surface area contributed by atoms with E-state index in [4.69, 9.17) is 17.0 Å². The second-order valence-electron chi connectivity index (χ2n) is 3.59. The molecule has 0 unspecified atom stereocenters. The Bertz CT molecular complexity index is 399. The fraction of sp³-hybridized carbons (Fsp3) is 0.556. The molecule has 0 atom stereocenters. The number of nitriles is 1. The first kappa shape index (κ1) is 12.5. The highest BCUT2D eigenvalue weighted by Gasteiger charge is 2.27. The van der Waals surface area contributed by atoms with Crippen LogP contribution in [0.1, 0.15) is 20.8 Å². The maximum Gasteiger partial charge on any atom is 0.246 e. The molecule has 0 aliphatic carbocycles. The highest BCUT2D eigenvalue weighted by atomic mass is 35.5. The van der Waals surface area contributed by atoms with Crippen LogP contribution in [-0.4, -0.2) is 27.0 Å². The zero-order chi connectivity index (χ0) is 12.2. The molecule has 0 amide bonds. The fourth-order valence-corrected chi connectivity index (χ4v) is 1.04. The monoisotopic (exact) mass is 240 g/mol. The zero-order valence-corrected chi connectivity index (χ0v) is 10.2. The highest BCUT2D eigenvalue weighted by Crippen LogP contribution is 2.22. The third-order valence-electron chi connectivity index (χ3n) is 1.83. The summed E-state index contributed by atoms with van der Waals surface area (Å²) in [5.41, 5.74) is -0.883. The first-order valence-corrected chi connectivity index (χ1v) is 5.15. The molecule has 1 rings (SSSR count). The third-order valence-corrected chi connectivity index (χ3v) is 2.41. The molecule has 0 aliphatic rings. The van der Waals surface area contributed by atoms with Crippen molar-refractivity contribution in [3.63, 3.8) is 0 Å². The fourth-order valence-electron chi connectivity index (χ4n) is 0.919. The topological polar surface area (TPSA) is 77.7 Å². The van der Waals surface area contributed by atoms with Crippen LogP contribution in [0, 0.1) is 11.3 Å². The van der Waals surface area contributed by atoms with E-state index < -0.39 is 5.54 Å². The lowest BCUT2D eigenvalue weighted by molar-refractivity contribution is 0.657. The van der Waals surface area contributed by atoms with Gasteiger partial charge in [-0.25, -0.2) is 9.40 Å². The molecule has 0 fully saturated rings. The lowest BCUT2D eigenvalue weighted by Gasteiger charge is -2.25. The van der Waals surface area contributed by atoms with Crippen molar-refractivity contribution in [3.8, 4) is 6.07 Å². The summed E-state index contributed by atoms with van der Waals surface area (Å²) in [6.45, 7) is 5.99. The van der Waals surface area contributed by atoms with Gasteiger partial charge in [-0.1, -0.05) is 0 Å². The van der Waals surface area contributed by atoms with Gasteiger partial charge >= 0.3 is 0 Å². The van der Waals surface area contributed by atoms with E-state index in [1.54, 1.807) is 13.8 Å². The number of aromatic nitrogens is 3. The Morgan fingerprint density at radius 3 is 2.81 bits per heavy atom. The molecular weight excluding hydrogens is 228 g/mol. The van der Waals surface area contributed by atoms with E-state index in [0.29, 0.717) is 12.5 Å². The molecule has 7 heteroatoms. The summed E-state index contributed by atoms with van der Waals surface area (Å²) < 4.78 is 1.19. The number of hydrogen-bond acceptors (Lipinski definition) is 6. The van der Waals surface area contributed by atoms with Crippen LogP contribution in [0.2, 0.25) is 0 Å². The van der Waals surface area contributed by atoms with E-state index in [9.17, 15) is 0 Å². The lowest BCUT2D eigenvalue weighted by Crippen LogP contribution is -2.36. The maximum absolute atomic E-state index is 8.94. The summed E-state index contributed by atoms with van der Waals surface area (Å²) in [6, 6.07) is 2.06. The van der Waals surface area contributed by atoms with E-state index in [-0.39, 0.29) is 5.95 Å². The van der Waals surface area contributed by atoms with Gasteiger partial charge in [0, 0.05) is 18.3 Å². The Hall–Kier alpha value is -1.61. The van der Waals surface area contributed by atoms with Gasteiger partial charge in [0.15, 0.2) is 0 Å². The Balaban J connectivity index is 2.96. The van der Waals surface area contributed by atoms with Gasteiger partial charge in [-0.15, -0.1) is 0 Å². The van der Waals surface area contributed by atoms with Gasteiger partial charge in [-0.2, -0.15) is 15.2 Å². The van der Waals surface area contributed by atoms with E-state index in [0.717, 1.165) is 0 Å². The summed E-state index contributed by atoms with van der Waals surface area (Å²) in [7, 11) is 0. The van der Waals surface area contributed by atoms with Crippen molar-refractivity contribution in [2.24, 2.45) is 0 Å². The number of hydrogen-bond donors (Lipinski definition) is 1. The first-order chi connectivity index (χ1) is 7.51. The average Bonchev–Trinajstić information content (AvgIpc) is 2.29. The van der Waals surface area contributed by atoms with E-state index in [1.807, 2.05) is 6.92 Å². The number of anilines is 2. The summed E-state index contributed by atoms with van der Waals surface area (Å²) in [4.78, 5) is 11.9. The normalized spacial score (nSPS) is 10.7. The molecule has 0 saturated heterocycles. The lowest BCUT2D eigenvalue weighted by atomic mass is 10.1. The molecule has 1 N–H and O–H groups in total. The number of nitrogens with one attached hydrogen (secondary N) is 1. The summed E-state index contributed by atoms with van der Waals surface area (Å²) in [6.07, 6.45) is 1.35. The van der Waals surface area contributed by atoms with Crippen LogP contribution in [0.15, 0.2) is 6.33 Å². The van der Waals surface area contributed by atoms with Gasteiger partial charge in [-0.3, -0.25) is 0 Å². The quantitative estimate of drug-likeness (QED) is 0.805. The summed E-state index contributed by atoms with van der Waals surface area (Å²) in [5, 5.41) is 11.9. The third kappa shape index (κ3) is 2.70. The molecule has 6 nitrogen and oxygen atoms in total. The molecule has 1 aromatic heterocycles. The van der Waals surface area contributed by atoms with E-state index in [2.05, 4.69) is 26.3 Å². The van der Waals surface area contributed by atoms with Crippen molar-refractivity contribution >= 4 is 23.7 Å². The first-order valence-electron chi connectivity index (χ1n) is 4.81. The average molecular weight is 241 g/mol. The largest absolute Gasteiger partial charge is 0.354 e. The van der Waals surface area contributed by atoms with Gasteiger partial charge in [0.2, 0.25) is 11.9 Å². The second kappa shape index (κ2) is 4.94. The summed E-state index contributed by atoms with van der Waals surface area (Å²) >= 11 is 6.00. The predicted octanol–water partition coefficient (Wildman–Crippen LogP) is 1.57. The van der Waals surface area contributed by atoms with Gasteiger partial charge in [0.1, 0.15) is 11.9 Å². The van der Waals surface area contributed by atoms with Crippen molar-refractivity contribution in [2.75, 3.05) is 16.3 Å². The Morgan fingerprint density at radius 1 is 1.56 bits per heavy atom. The van der Waals surface area contributed by atoms with Crippen molar-refractivity contribution in [1.82, 2.24) is 15.0 Å². The van der Waals surface area contributed by atoms with Gasteiger partial charge in [0.25, 0.3) is 0 Å². The zero-order valence-electron chi connectivity index (χ0n) is 9.40. The molecule has 0 saturated carbocycles. The Kier molecular flexibility index (Phi) is 3.85. The Morgan fingerprint density at radius 2 is 2.25 bits per heavy atom. The van der Waals surface area contributed by atoms with Crippen LogP contribution in [0.5, 0.6) is 0 Å². The maximum atomic E-state index is 8.94. The molecule has 0 aromatic carbocycles. The number of nitrogens with zero attached hydrogens (tertiary/aromatic N) is 5. The minimum Gasteiger partial charge on any atom is -0.354 e. The summed E-state index contributed by atoms with van der Waals surface area (Å²) in [5.74, 6) is 0.686. The molecule has 16 heavy (non-hydrogen) atoms. The molecule has 1 aromatic rings. The van der Waals surface area contributed by atoms with Crippen LogP contribution in [0.25, 0.3) is 0 Å². The highest BCUT2D eigenvalue weighted by molar-refractivity contribution is 6.26. The SMILES string of the molecule is CCNc1ncnc(N(Cl)C(C)(C)C#N)n1. The predicted molar refractivity (Wildman–Crippen MR) is 62.0 cm³/mol. The van der Waals surface area contributed by atoms with Crippen LogP contribution >= 0.6 is 11.8 Å². The van der Waals surface area contributed by atoms with Gasteiger partial charge in [0.05, 0.1) is 6.07 Å². The number of halogens is 1. The standard InChI is InChI=1S/C9H13ClN6/c1-4-12-7-13-6-14-8(15-7)16(10)9(2,3)5-11/h6H,4H2,1-3H3,(H,12,13,14,15). The minimum absolute atomic E-state index is 0.249. The van der Waals surface area contributed by atoms with Crippen LogP contribution in [-0.2, 0) is 0 Å². The van der Waals surface area contributed by atoms with Gasteiger partial charge in [-0.05, 0) is 20.8 Å². The van der Waals surface area contributed by atoms with Crippen molar-refractivity contribution in [2.45, 2.75) is 26.3 Å². The molecule has 0 aliphatic heterocycles. The van der Waals surface area contributed by atoms with Crippen LogP contribution in [0.3, 0.4) is 0 Å². The molecule has 1 heterocycles. The molecule has 86 valence electrons. The van der Waals surface area contributed by atoms with Crippen LogP contribution in [0.4, 0.5) is 11.9 Å². The smallest absolute Gasteiger partial charge is 0.246 e. The van der Waals surface area contributed by atoms with Crippen molar-refractivity contribution in [1.29, 1.82) is 5.26 Å². The van der Waals surface area contributed by atoms with Gasteiger partial charge < -0.3 is 5.32 Å². The molecule has 0 spiro atoms. The van der Waals surface area contributed by atoms with Crippen molar-refractivity contribution in [3.05, 3.63) is 6.33 Å². The Labute approximate surface area is 99.4 Å². The molecular formula is C9H13ClN6. The minimum atomic E-state index is -0.883. The van der Waals surface area contributed by atoms with E-state index >= 15 is 0 Å². The number of rotatable bonds is 4.